The van der Waals surface area contributed by atoms with Crippen LogP contribution in [0.2, 0.25) is 0 Å². The summed E-state index contributed by atoms with van der Waals surface area (Å²) in [5, 5.41) is 2.90. The van der Waals surface area contributed by atoms with Crippen LogP contribution in [-0.4, -0.2) is 32.2 Å². The van der Waals surface area contributed by atoms with Gasteiger partial charge >= 0.3 is 0 Å². The van der Waals surface area contributed by atoms with Gasteiger partial charge in [0, 0.05) is 6.54 Å². The van der Waals surface area contributed by atoms with Crippen molar-refractivity contribution in [3.8, 4) is 0 Å². The maximum absolute atomic E-state index is 12.5. The zero-order valence-corrected chi connectivity index (χ0v) is 9.72. The third-order valence-corrected chi connectivity index (χ3v) is 3.05. The van der Waals surface area contributed by atoms with E-state index in [2.05, 4.69) is 15.0 Å². The molecule has 0 unspecified atom stereocenters. The van der Waals surface area contributed by atoms with Gasteiger partial charge in [-0.2, -0.15) is 0 Å². The van der Waals surface area contributed by atoms with Gasteiger partial charge in [0.05, 0.1) is 11.9 Å². The van der Waals surface area contributed by atoms with Gasteiger partial charge in [0.2, 0.25) is 10.0 Å². The Labute approximate surface area is 94.1 Å². The van der Waals surface area contributed by atoms with E-state index in [4.69, 9.17) is 0 Å². The largest absolute Gasteiger partial charge is 0.316 e. The third kappa shape index (κ3) is 4.54. The summed E-state index contributed by atoms with van der Waals surface area (Å²) >= 11 is 0. The molecule has 0 aromatic carbocycles. The second-order valence-electron chi connectivity index (χ2n) is 3.14. The fourth-order valence-electron chi connectivity index (χ4n) is 1.03. The molecular formula is C9H14FN3O2S. The van der Waals surface area contributed by atoms with Crippen LogP contribution in [0.5, 0.6) is 0 Å². The van der Waals surface area contributed by atoms with E-state index in [-0.39, 0.29) is 11.6 Å². The Bertz CT molecular complexity index is 419. The number of hydrogen-bond donors (Lipinski definition) is 2. The van der Waals surface area contributed by atoms with Gasteiger partial charge in [-0.1, -0.05) is 6.92 Å². The van der Waals surface area contributed by atoms with Crippen LogP contribution in [0.4, 0.5) is 10.2 Å². The highest BCUT2D eigenvalue weighted by Gasteiger charge is 2.10. The van der Waals surface area contributed by atoms with Crippen molar-refractivity contribution < 1.29 is 12.8 Å². The lowest BCUT2D eigenvalue weighted by atomic mass is 10.5. The zero-order valence-electron chi connectivity index (χ0n) is 8.90. The van der Waals surface area contributed by atoms with Gasteiger partial charge in [-0.3, -0.25) is 4.72 Å². The van der Waals surface area contributed by atoms with E-state index in [1.165, 1.54) is 6.07 Å². The molecule has 1 aromatic heterocycles. The second-order valence-corrected chi connectivity index (χ2v) is 4.98. The van der Waals surface area contributed by atoms with Crippen molar-refractivity contribution in [2.45, 2.75) is 6.92 Å². The van der Waals surface area contributed by atoms with E-state index in [1.807, 2.05) is 6.92 Å². The topological polar surface area (TPSA) is 71.1 Å². The van der Waals surface area contributed by atoms with Gasteiger partial charge in [-0.15, -0.1) is 0 Å². The number of sulfonamides is 1. The molecular weight excluding hydrogens is 233 g/mol. The van der Waals surface area contributed by atoms with Crippen LogP contribution in [0, 0.1) is 5.82 Å². The molecule has 0 aliphatic rings. The number of anilines is 1. The zero-order chi connectivity index (χ0) is 12.0. The molecule has 0 saturated carbocycles. The Balaban J connectivity index is 2.55. The summed E-state index contributed by atoms with van der Waals surface area (Å²) in [6, 6.07) is 2.43. The van der Waals surface area contributed by atoms with Crippen LogP contribution in [0.1, 0.15) is 6.92 Å². The molecule has 1 heterocycles. The lowest BCUT2D eigenvalue weighted by Crippen LogP contribution is -2.26. The van der Waals surface area contributed by atoms with E-state index in [0.29, 0.717) is 13.1 Å². The molecule has 90 valence electrons. The minimum absolute atomic E-state index is 0.0418. The van der Waals surface area contributed by atoms with Crippen LogP contribution in [0.15, 0.2) is 18.3 Å². The first-order valence-corrected chi connectivity index (χ1v) is 6.51. The lowest BCUT2D eigenvalue weighted by molar-refractivity contribution is 0.596. The Morgan fingerprint density at radius 2 is 2.19 bits per heavy atom. The molecule has 7 heteroatoms. The molecule has 0 fully saturated rings. The molecule has 16 heavy (non-hydrogen) atoms. The highest BCUT2D eigenvalue weighted by atomic mass is 32.2. The SMILES string of the molecule is CCNCCS(=O)(=O)Nc1ccc(F)cn1. The Kier molecular flexibility index (Phi) is 4.63. The maximum Gasteiger partial charge on any atom is 0.235 e. The number of pyridine rings is 1. The van der Waals surface area contributed by atoms with Crippen LogP contribution in [0.25, 0.3) is 0 Å². The van der Waals surface area contributed by atoms with Crippen LogP contribution < -0.4 is 10.0 Å². The predicted molar refractivity (Wildman–Crippen MR) is 60.1 cm³/mol. The fraction of sp³-hybridized carbons (Fsp3) is 0.444. The van der Waals surface area contributed by atoms with Gasteiger partial charge in [0.1, 0.15) is 11.6 Å². The van der Waals surface area contributed by atoms with E-state index < -0.39 is 15.8 Å². The molecule has 0 saturated heterocycles. The molecule has 0 atom stereocenters. The Morgan fingerprint density at radius 3 is 2.75 bits per heavy atom. The van der Waals surface area contributed by atoms with Crippen LogP contribution >= 0.6 is 0 Å². The van der Waals surface area contributed by atoms with Crippen molar-refractivity contribution >= 4 is 15.8 Å². The van der Waals surface area contributed by atoms with Gasteiger partial charge in [-0.05, 0) is 18.7 Å². The van der Waals surface area contributed by atoms with Gasteiger partial charge in [0.15, 0.2) is 0 Å². The van der Waals surface area contributed by atoms with E-state index >= 15 is 0 Å². The summed E-state index contributed by atoms with van der Waals surface area (Å²) in [7, 11) is -3.42. The van der Waals surface area contributed by atoms with Crippen LogP contribution in [0.3, 0.4) is 0 Å². The molecule has 0 spiro atoms. The molecule has 1 rings (SSSR count). The number of halogens is 1. The first kappa shape index (κ1) is 12.9. The van der Waals surface area contributed by atoms with Gasteiger partial charge < -0.3 is 5.32 Å². The lowest BCUT2D eigenvalue weighted by Gasteiger charge is -2.06. The normalized spacial score (nSPS) is 11.4. The smallest absolute Gasteiger partial charge is 0.235 e. The maximum atomic E-state index is 12.5. The van der Waals surface area contributed by atoms with E-state index in [9.17, 15) is 12.8 Å². The minimum atomic E-state index is -3.42. The fourth-order valence-corrected chi connectivity index (χ4v) is 1.98. The first-order valence-electron chi connectivity index (χ1n) is 4.86. The minimum Gasteiger partial charge on any atom is -0.316 e. The molecule has 0 amide bonds. The van der Waals surface area contributed by atoms with Crippen molar-refractivity contribution in [3.05, 3.63) is 24.1 Å². The second kappa shape index (κ2) is 5.76. The van der Waals surface area contributed by atoms with Crippen molar-refractivity contribution in [1.29, 1.82) is 0 Å². The number of hydrogen-bond acceptors (Lipinski definition) is 4. The van der Waals surface area contributed by atoms with Crippen molar-refractivity contribution in [2.24, 2.45) is 0 Å². The standard InChI is InChI=1S/C9H14FN3O2S/c1-2-11-5-6-16(14,15)13-9-4-3-8(10)7-12-9/h3-4,7,11H,2,5-6H2,1H3,(H,12,13). The summed E-state index contributed by atoms with van der Waals surface area (Å²) in [5.41, 5.74) is 0. The molecule has 1 aromatic rings. The van der Waals surface area contributed by atoms with E-state index in [0.717, 1.165) is 12.3 Å². The number of aromatic nitrogens is 1. The highest BCUT2D eigenvalue weighted by molar-refractivity contribution is 7.92. The van der Waals surface area contributed by atoms with E-state index in [1.54, 1.807) is 0 Å². The quantitative estimate of drug-likeness (QED) is 0.721. The van der Waals surface area contributed by atoms with Crippen LogP contribution in [-0.2, 0) is 10.0 Å². The summed E-state index contributed by atoms with van der Waals surface area (Å²) in [6.45, 7) is 2.97. The molecule has 0 aliphatic heterocycles. The molecule has 5 nitrogen and oxygen atoms in total. The number of rotatable bonds is 6. The average Bonchev–Trinajstić information content (AvgIpc) is 2.21. The highest BCUT2D eigenvalue weighted by Crippen LogP contribution is 2.05. The third-order valence-electron chi connectivity index (χ3n) is 1.79. The molecule has 2 N–H and O–H groups in total. The summed E-state index contributed by atoms with van der Waals surface area (Å²) in [6.07, 6.45) is 0.960. The van der Waals surface area contributed by atoms with Crippen molar-refractivity contribution in [1.82, 2.24) is 10.3 Å². The Hall–Kier alpha value is -1.21. The summed E-state index contributed by atoms with van der Waals surface area (Å²) in [5.74, 6) is -0.423. The number of nitrogens with zero attached hydrogens (tertiary/aromatic N) is 1. The first-order chi connectivity index (χ1) is 7.53. The monoisotopic (exact) mass is 247 g/mol. The summed E-state index contributed by atoms with van der Waals surface area (Å²) < 4.78 is 37.7. The average molecular weight is 247 g/mol. The predicted octanol–water partition coefficient (Wildman–Crippen LogP) is 0.572. The Morgan fingerprint density at radius 1 is 1.44 bits per heavy atom. The molecule has 0 radical (unpaired) electrons. The van der Waals surface area contributed by atoms with Crippen molar-refractivity contribution in [2.75, 3.05) is 23.6 Å². The molecule has 0 bridgehead atoms. The van der Waals surface area contributed by atoms with Gasteiger partial charge in [-0.25, -0.2) is 17.8 Å². The molecule has 0 aliphatic carbocycles. The van der Waals surface area contributed by atoms with Gasteiger partial charge in [0.25, 0.3) is 0 Å². The van der Waals surface area contributed by atoms with Crippen molar-refractivity contribution in [3.63, 3.8) is 0 Å². The summed E-state index contributed by atoms with van der Waals surface area (Å²) in [4.78, 5) is 3.61. The number of nitrogens with one attached hydrogen (secondary N) is 2.